The van der Waals surface area contributed by atoms with Crippen molar-refractivity contribution in [2.24, 2.45) is 11.3 Å². The Balaban J connectivity index is 1.67. The average Bonchev–Trinajstić information content (AvgIpc) is 2.88. The highest BCUT2D eigenvalue weighted by molar-refractivity contribution is 5.69. The second-order valence-electron chi connectivity index (χ2n) is 7.15. The number of benzene rings is 1. The largest absolute Gasteiger partial charge is 0.427 e. The Kier molecular flexibility index (Phi) is 3.04. The van der Waals surface area contributed by atoms with Crippen molar-refractivity contribution in [3.8, 4) is 5.75 Å². The van der Waals surface area contributed by atoms with Gasteiger partial charge >= 0.3 is 5.97 Å². The van der Waals surface area contributed by atoms with Crippen LogP contribution in [0, 0.1) is 11.3 Å². The van der Waals surface area contributed by atoms with Gasteiger partial charge in [0, 0.05) is 12.8 Å². The Morgan fingerprint density at radius 2 is 2.23 bits per heavy atom. The number of carbonyl (C=O) groups is 1. The summed E-state index contributed by atoms with van der Waals surface area (Å²) >= 11 is 0. The molecule has 114 valence electrons. The molecule has 1 saturated carbocycles. The van der Waals surface area contributed by atoms with Gasteiger partial charge in [0.1, 0.15) is 5.75 Å². The quantitative estimate of drug-likeness (QED) is 0.431. The molecule has 3 aliphatic rings. The van der Waals surface area contributed by atoms with Crippen LogP contribution in [-0.2, 0) is 11.2 Å². The zero-order valence-corrected chi connectivity index (χ0v) is 13.3. The molecule has 0 aromatic heterocycles. The van der Waals surface area contributed by atoms with E-state index < -0.39 is 0 Å². The Morgan fingerprint density at radius 1 is 1.36 bits per heavy atom. The molecule has 0 radical (unpaired) electrons. The maximum absolute atomic E-state index is 11.1. The van der Waals surface area contributed by atoms with Crippen LogP contribution in [0.4, 0.5) is 0 Å². The summed E-state index contributed by atoms with van der Waals surface area (Å²) in [6.45, 7) is 3.87. The molecule has 1 aromatic carbocycles. The van der Waals surface area contributed by atoms with E-state index in [9.17, 15) is 4.79 Å². The van der Waals surface area contributed by atoms with E-state index in [0.717, 1.165) is 6.42 Å². The molecule has 2 nitrogen and oxygen atoms in total. The molecule has 0 N–H and O–H groups in total. The van der Waals surface area contributed by atoms with E-state index in [1.54, 1.807) is 5.57 Å². The van der Waals surface area contributed by atoms with Gasteiger partial charge in [-0.25, -0.2) is 0 Å². The number of carbonyl (C=O) groups excluding carboxylic acids is 1. The van der Waals surface area contributed by atoms with Crippen molar-refractivity contribution in [3.63, 3.8) is 0 Å². The lowest BCUT2D eigenvalue weighted by Gasteiger charge is -2.44. The third kappa shape index (κ3) is 2.05. The fraction of sp³-hybridized carbons (Fsp3) is 0.450. The van der Waals surface area contributed by atoms with Crippen molar-refractivity contribution < 1.29 is 9.53 Å². The molecule has 0 aliphatic heterocycles. The van der Waals surface area contributed by atoms with Gasteiger partial charge in [0.05, 0.1) is 0 Å². The number of hydrogen-bond acceptors (Lipinski definition) is 2. The van der Waals surface area contributed by atoms with Crippen LogP contribution in [0.25, 0.3) is 0 Å². The minimum absolute atomic E-state index is 0.252. The van der Waals surface area contributed by atoms with E-state index >= 15 is 0 Å². The van der Waals surface area contributed by atoms with E-state index in [1.807, 2.05) is 12.1 Å². The number of rotatable bonds is 1. The lowest BCUT2D eigenvalue weighted by atomic mass is 9.60. The van der Waals surface area contributed by atoms with Crippen molar-refractivity contribution in [1.82, 2.24) is 0 Å². The standard InChI is InChI=1S/C20H22O2/c1-13(21)22-15-6-8-16-14(12-15)5-7-18-17(16)9-11-20(2)10-3-4-19(18)20/h3,6-8,10,12,17,19H,4-5,9,11H2,1-2H3/t17-,19+,20+/m1/s1. The summed E-state index contributed by atoms with van der Waals surface area (Å²) < 4.78 is 5.23. The van der Waals surface area contributed by atoms with Crippen LogP contribution in [0.3, 0.4) is 0 Å². The van der Waals surface area contributed by atoms with Gasteiger partial charge in [0.2, 0.25) is 0 Å². The first-order valence-corrected chi connectivity index (χ1v) is 8.26. The van der Waals surface area contributed by atoms with Gasteiger partial charge in [-0.1, -0.05) is 36.8 Å². The molecule has 0 unspecified atom stereocenters. The molecule has 2 heteroatoms. The van der Waals surface area contributed by atoms with Gasteiger partial charge in [-0.15, -0.1) is 0 Å². The molecule has 0 spiro atoms. The minimum atomic E-state index is -0.252. The van der Waals surface area contributed by atoms with Gasteiger partial charge in [-0.2, -0.15) is 0 Å². The molecule has 4 rings (SSSR count). The number of fused-ring (bicyclic) bond motifs is 5. The normalized spacial score (nSPS) is 31.8. The van der Waals surface area contributed by atoms with Crippen molar-refractivity contribution in [2.75, 3.05) is 0 Å². The number of ether oxygens (including phenoxy) is 1. The van der Waals surface area contributed by atoms with E-state index in [4.69, 9.17) is 4.74 Å². The SMILES string of the molecule is CC(=O)Oc1ccc2c(c1)CC=C1[C@@H]2CC[C@]2(C)C=CC[C@@H]12. The Morgan fingerprint density at radius 3 is 3.05 bits per heavy atom. The van der Waals surface area contributed by atoms with Crippen LogP contribution >= 0.6 is 0 Å². The van der Waals surface area contributed by atoms with Gasteiger partial charge in [-0.3, -0.25) is 4.79 Å². The van der Waals surface area contributed by atoms with Crippen LogP contribution in [-0.4, -0.2) is 5.97 Å². The Bertz CT molecular complexity index is 698. The monoisotopic (exact) mass is 294 g/mol. The molecule has 0 amide bonds. The topological polar surface area (TPSA) is 26.3 Å². The van der Waals surface area contributed by atoms with Gasteiger partial charge < -0.3 is 4.74 Å². The van der Waals surface area contributed by atoms with E-state index in [1.165, 1.54) is 37.3 Å². The van der Waals surface area contributed by atoms with Crippen molar-refractivity contribution in [2.45, 2.75) is 45.4 Å². The summed E-state index contributed by atoms with van der Waals surface area (Å²) in [5.41, 5.74) is 4.79. The van der Waals surface area contributed by atoms with Crippen LogP contribution in [0.1, 0.15) is 50.2 Å². The fourth-order valence-corrected chi connectivity index (χ4v) is 4.67. The molecule has 0 bridgehead atoms. The van der Waals surface area contributed by atoms with Crippen LogP contribution < -0.4 is 4.74 Å². The van der Waals surface area contributed by atoms with Gasteiger partial charge in [0.15, 0.2) is 0 Å². The molecule has 1 aromatic rings. The Labute approximate surface area is 131 Å². The van der Waals surface area contributed by atoms with Crippen LogP contribution in [0.15, 0.2) is 42.0 Å². The first-order valence-electron chi connectivity index (χ1n) is 8.26. The summed E-state index contributed by atoms with van der Waals surface area (Å²) in [7, 11) is 0. The summed E-state index contributed by atoms with van der Waals surface area (Å²) in [4.78, 5) is 11.1. The highest BCUT2D eigenvalue weighted by Gasteiger charge is 2.44. The van der Waals surface area contributed by atoms with Crippen molar-refractivity contribution >= 4 is 5.97 Å². The number of esters is 1. The molecule has 0 heterocycles. The lowest BCUT2D eigenvalue weighted by Crippen LogP contribution is -2.33. The highest BCUT2D eigenvalue weighted by Crippen LogP contribution is 2.56. The van der Waals surface area contributed by atoms with Gasteiger partial charge in [-0.05, 0) is 60.3 Å². The third-order valence-electron chi connectivity index (χ3n) is 5.75. The van der Waals surface area contributed by atoms with E-state index in [2.05, 4.69) is 31.2 Å². The van der Waals surface area contributed by atoms with Crippen LogP contribution in [0.5, 0.6) is 5.75 Å². The van der Waals surface area contributed by atoms with E-state index in [-0.39, 0.29) is 5.97 Å². The molecular weight excluding hydrogens is 272 g/mol. The molecule has 3 atom stereocenters. The lowest BCUT2D eigenvalue weighted by molar-refractivity contribution is -0.131. The highest BCUT2D eigenvalue weighted by atomic mass is 16.5. The maximum atomic E-state index is 11.1. The average molecular weight is 294 g/mol. The Hall–Kier alpha value is -1.83. The van der Waals surface area contributed by atoms with Crippen LogP contribution in [0.2, 0.25) is 0 Å². The molecular formula is C20H22O2. The van der Waals surface area contributed by atoms with Gasteiger partial charge in [0.25, 0.3) is 0 Å². The molecule has 1 fully saturated rings. The summed E-state index contributed by atoms with van der Waals surface area (Å²) in [6, 6.07) is 6.17. The first kappa shape index (κ1) is 13.8. The molecule has 0 saturated heterocycles. The maximum Gasteiger partial charge on any atom is 0.308 e. The van der Waals surface area contributed by atoms with Crippen molar-refractivity contribution in [3.05, 3.63) is 53.1 Å². The summed E-state index contributed by atoms with van der Waals surface area (Å²) in [6.07, 6.45) is 11.9. The summed E-state index contributed by atoms with van der Waals surface area (Å²) in [5.74, 6) is 1.67. The number of allylic oxidation sites excluding steroid dienone is 4. The number of hydrogen-bond donors (Lipinski definition) is 0. The molecule has 22 heavy (non-hydrogen) atoms. The second kappa shape index (κ2) is 4.84. The predicted molar refractivity (Wildman–Crippen MR) is 86.9 cm³/mol. The fourth-order valence-electron chi connectivity index (χ4n) is 4.67. The predicted octanol–water partition coefficient (Wildman–Crippen LogP) is 4.55. The molecule has 3 aliphatic carbocycles. The minimum Gasteiger partial charge on any atom is -0.427 e. The zero-order chi connectivity index (χ0) is 15.3. The second-order valence-corrected chi connectivity index (χ2v) is 7.15. The first-order chi connectivity index (χ1) is 10.6. The third-order valence-corrected chi connectivity index (χ3v) is 5.75. The van der Waals surface area contributed by atoms with Crippen molar-refractivity contribution in [1.29, 1.82) is 0 Å². The summed E-state index contributed by atoms with van der Waals surface area (Å²) in [5, 5.41) is 0. The zero-order valence-electron chi connectivity index (χ0n) is 13.3. The smallest absolute Gasteiger partial charge is 0.308 e. The van der Waals surface area contributed by atoms with E-state index in [0.29, 0.717) is 23.0 Å².